The lowest BCUT2D eigenvalue weighted by molar-refractivity contribution is -0.129. The first-order chi connectivity index (χ1) is 12.1. The Morgan fingerprint density at radius 1 is 1.23 bits per heavy atom. The number of aromatic nitrogens is 2. The zero-order valence-corrected chi connectivity index (χ0v) is 15.3. The van der Waals surface area contributed by atoms with E-state index in [1.807, 2.05) is 0 Å². The predicted molar refractivity (Wildman–Crippen MR) is 95.5 cm³/mol. The lowest BCUT2D eigenvalue weighted by atomic mass is 10.0. The summed E-state index contributed by atoms with van der Waals surface area (Å²) in [6, 6.07) is 6.61. The number of nitrogens with zero attached hydrogens (tertiary/aromatic N) is 2. The standard InChI is InChI=1S/C16H19N5O4S/c1-9(21-26(17,23)24)10-4-6-11(7-5-10)12-13-14(19-8-18-12)20-15(22)16(2,3)25-13/h4-9,21H,1-3H3,(H2,17,23,24)(H,18,19,20,22)/t9-/m1/s1. The van der Waals surface area contributed by atoms with Gasteiger partial charge in [-0.3, -0.25) is 4.79 Å². The molecule has 1 aromatic heterocycles. The summed E-state index contributed by atoms with van der Waals surface area (Å²) in [5.74, 6) is 0.418. The molecule has 0 bridgehead atoms. The van der Waals surface area contributed by atoms with Crippen molar-refractivity contribution in [2.45, 2.75) is 32.4 Å². The number of hydrogen-bond donors (Lipinski definition) is 3. The second-order valence-corrected chi connectivity index (χ2v) is 7.80. The van der Waals surface area contributed by atoms with Crippen LogP contribution in [0.2, 0.25) is 0 Å². The van der Waals surface area contributed by atoms with E-state index in [1.165, 1.54) is 6.33 Å². The van der Waals surface area contributed by atoms with Crippen LogP contribution < -0.4 is 19.9 Å². The average molecular weight is 377 g/mol. The van der Waals surface area contributed by atoms with Gasteiger partial charge in [0.1, 0.15) is 12.0 Å². The summed E-state index contributed by atoms with van der Waals surface area (Å²) in [6.07, 6.45) is 1.34. The maximum Gasteiger partial charge on any atom is 0.274 e. The highest BCUT2D eigenvalue weighted by Crippen LogP contribution is 2.39. The highest BCUT2D eigenvalue weighted by atomic mass is 32.2. The minimum absolute atomic E-state index is 0.284. The van der Waals surface area contributed by atoms with Gasteiger partial charge in [-0.15, -0.1) is 0 Å². The SMILES string of the molecule is C[C@@H](NS(N)(=O)=O)c1ccc(-c2ncnc3c2OC(C)(C)C(=O)N3)cc1. The number of carbonyl (C=O) groups is 1. The molecule has 2 aromatic rings. The summed E-state index contributed by atoms with van der Waals surface area (Å²) in [5.41, 5.74) is 0.962. The number of hydrogen-bond acceptors (Lipinski definition) is 6. The molecule has 1 aliphatic heterocycles. The lowest BCUT2D eigenvalue weighted by Crippen LogP contribution is -2.46. The minimum atomic E-state index is -3.79. The van der Waals surface area contributed by atoms with E-state index in [4.69, 9.17) is 9.88 Å². The van der Waals surface area contributed by atoms with E-state index in [9.17, 15) is 13.2 Å². The second-order valence-electron chi connectivity index (χ2n) is 6.47. The average Bonchev–Trinajstić information content (AvgIpc) is 2.54. The molecule has 1 aliphatic rings. The Morgan fingerprint density at radius 2 is 1.88 bits per heavy atom. The molecule has 10 heteroatoms. The van der Waals surface area contributed by atoms with Gasteiger partial charge in [-0.1, -0.05) is 24.3 Å². The molecule has 0 spiro atoms. The number of rotatable bonds is 4. The van der Waals surface area contributed by atoms with Crippen LogP contribution in [0, 0.1) is 0 Å². The van der Waals surface area contributed by atoms with Gasteiger partial charge < -0.3 is 10.1 Å². The van der Waals surface area contributed by atoms with Crippen LogP contribution >= 0.6 is 0 Å². The first-order valence-electron chi connectivity index (χ1n) is 7.83. The molecule has 9 nitrogen and oxygen atoms in total. The van der Waals surface area contributed by atoms with E-state index in [2.05, 4.69) is 20.0 Å². The van der Waals surface area contributed by atoms with Crippen molar-refractivity contribution in [3.63, 3.8) is 0 Å². The maximum absolute atomic E-state index is 12.0. The summed E-state index contributed by atoms with van der Waals surface area (Å²) in [7, 11) is -3.79. The van der Waals surface area contributed by atoms with Crippen molar-refractivity contribution in [3.05, 3.63) is 36.2 Å². The fourth-order valence-corrected chi connectivity index (χ4v) is 3.20. The zero-order valence-electron chi connectivity index (χ0n) is 14.5. The molecule has 0 saturated heterocycles. The van der Waals surface area contributed by atoms with Crippen molar-refractivity contribution in [2.75, 3.05) is 5.32 Å². The van der Waals surface area contributed by atoms with Gasteiger partial charge in [-0.25, -0.2) is 15.1 Å². The van der Waals surface area contributed by atoms with Crippen molar-refractivity contribution in [1.29, 1.82) is 0 Å². The molecule has 1 aromatic carbocycles. The minimum Gasteiger partial charge on any atom is -0.472 e. The first kappa shape index (κ1) is 18.2. The van der Waals surface area contributed by atoms with Gasteiger partial charge >= 0.3 is 0 Å². The van der Waals surface area contributed by atoms with Gasteiger partial charge in [0.25, 0.3) is 16.1 Å². The summed E-state index contributed by atoms with van der Waals surface area (Å²) in [5, 5.41) is 7.71. The van der Waals surface area contributed by atoms with Gasteiger partial charge in [0.2, 0.25) is 0 Å². The van der Waals surface area contributed by atoms with Crippen molar-refractivity contribution in [2.24, 2.45) is 5.14 Å². The van der Waals surface area contributed by atoms with Crippen LogP contribution in [0.1, 0.15) is 32.4 Å². The first-order valence-corrected chi connectivity index (χ1v) is 9.37. The van der Waals surface area contributed by atoms with E-state index < -0.39 is 21.9 Å². The van der Waals surface area contributed by atoms with E-state index in [0.717, 1.165) is 11.1 Å². The Balaban J connectivity index is 1.94. The lowest BCUT2D eigenvalue weighted by Gasteiger charge is -2.31. The molecule has 4 N–H and O–H groups in total. The fourth-order valence-electron chi connectivity index (χ4n) is 2.57. The van der Waals surface area contributed by atoms with Crippen LogP contribution in [0.5, 0.6) is 5.75 Å². The van der Waals surface area contributed by atoms with Gasteiger partial charge in [0.15, 0.2) is 17.2 Å². The largest absolute Gasteiger partial charge is 0.472 e. The van der Waals surface area contributed by atoms with Crippen molar-refractivity contribution in [1.82, 2.24) is 14.7 Å². The van der Waals surface area contributed by atoms with E-state index in [-0.39, 0.29) is 5.91 Å². The van der Waals surface area contributed by atoms with Crippen LogP contribution in [0.4, 0.5) is 5.82 Å². The molecule has 3 rings (SSSR count). The maximum atomic E-state index is 12.0. The Hall–Kier alpha value is -2.56. The summed E-state index contributed by atoms with van der Waals surface area (Å²) >= 11 is 0. The number of nitrogens with two attached hydrogens (primary N) is 1. The van der Waals surface area contributed by atoms with Crippen LogP contribution in [0.25, 0.3) is 11.3 Å². The third-order valence-electron chi connectivity index (χ3n) is 3.96. The summed E-state index contributed by atoms with van der Waals surface area (Å²) in [6.45, 7) is 5.00. The van der Waals surface area contributed by atoms with E-state index in [1.54, 1.807) is 45.0 Å². The van der Waals surface area contributed by atoms with E-state index in [0.29, 0.717) is 17.3 Å². The van der Waals surface area contributed by atoms with Gasteiger partial charge in [-0.05, 0) is 26.3 Å². The summed E-state index contributed by atoms with van der Waals surface area (Å²) in [4.78, 5) is 20.3. The number of carbonyl (C=O) groups excluding carboxylic acids is 1. The summed E-state index contributed by atoms with van der Waals surface area (Å²) < 4.78 is 30.4. The smallest absolute Gasteiger partial charge is 0.274 e. The molecule has 1 atom stereocenters. The third-order valence-corrected chi connectivity index (χ3v) is 4.65. The molecular formula is C16H19N5O4S. The van der Waals surface area contributed by atoms with Crippen LogP contribution in [-0.4, -0.2) is 29.9 Å². The highest BCUT2D eigenvalue weighted by molar-refractivity contribution is 7.87. The number of ether oxygens (including phenoxy) is 1. The number of anilines is 1. The molecule has 2 heterocycles. The molecule has 0 unspecified atom stereocenters. The molecule has 138 valence electrons. The van der Waals surface area contributed by atoms with Gasteiger partial charge in [0.05, 0.1) is 0 Å². The highest BCUT2D eigenvalue weighted by Gasteiger charge is 2.37. The Labute approximate surface area is 151 Å². The molecule has 0 aliphatic carbocycles. The number of nitrogens with one attached hydrogen (secondary N) is 2. The molecular weight excluding hydrogens is 358 g/mol. The van der Waals surface area contributed by atoms with Crippen LogP contribution in [0.15, 0.2) is 30.6 Å². The van der Waals surface area contributed by atoms with Crippen molar-refractivity contribution < 1.29 is 17.9 Å². The molecule has 0 fully saturated rings. The molecule has 26 heavy (non-hydrogen) atoms. The van der Waals surface area contributed by atoms with Crippen LogP contribution in [-0.2, 0) is 15.0 Å². The molecule has 0 radical (unpaired) electrons. The number of benzene rings is 1. The molecule has 0 saturated carbocycles. The van der Waals surface area contributed by atoms with Gasteiger partial charge in [-0.2, -0.15) is 13.1 Å². The van der Waals surface area contributed by atoms with Crippen molar-refractivity contribution in [3.8, 4) is 17.0 Å². The number of amides is 1. The van der Waals surface area contributed by atoms with Crippen LogP contribution in [0.3, 0.4) is 0 Å². The topological polar surface area (TPSA) is 136 Å². The second kappa shape index (κ2) is 6.31. The van der Waals surface area contributed by atoms with E-state index >= 15 is 0 Å². The van der Waals surface area contributed by atoms with Gasteiger partial charge in [0, 0.05) is 11.6 Å². The Bertz CT molecular complexity index is 957. The quantitative estimate of drug-likeness (QED) is 0.730. The fraction of sp³-hybridized carbons (Fsp3) is 0.312. The monoisotopic (exact) mass is 377 g/mol. The zero-order chi connectivity index (χ0) is 19.1. The van der Waals surface area contributed by atoms with Crippen molar-refractivity contribution >= 4 is 21.9 Å². The Kier molecular flexibility index (Phi) is 4.42. The predicted octanol–water partition coefficient (Wildman–Crippen LogP) is 1.11. The Morgan fingerprint density at radius 3 is 2.50 bits per heavy atom. The number of fused-ring (bicyclic) bond motifs is 1. The molecule has 1 amide bonds. The normalized spacial score (nSPS) is 17.0. The third kappa shape index (κ3) is 3.66.